The van der Waals surface area contributed by atoms with E-state index in [-0.39, 0.29) is 17.9 Å². The van der Waals surface area contributed by atoms with Crippen molar-refractivity contribution in [2.45, 2.75) is 4.90 Å². The molecule has 1 amide bonds. The summed E-state index contributed by atoms with van der Waals surface area (Å²) in [5.74, 6) is -0.843. The SMILES string of the molecule is C=CCN(C(=O)c1c(O)c2c(SC)cccc2n(C)c1=O)c1ccccc1. The van der Waals surface area contributed by atoms with Gasteiger partial charge in [-0.05, 0) is 30.5 Å². The van der Waals surface area contributed by atoms with Crippen molar-refractivity contribution in [2.24, 2.45) is 7.05 Å². The Bertz CT molecular complexity index is 1070. The molecule has 3 aromatic rings. The number of carbonyl (C=O) groups excluding carboxylic acids is 1. The van der Waals surface area contributed by atoms with E-state index in [1.807, 2.05) is 36.6 Å². The Hall–Kier alpha value is -2.99. The molecule has 0 unspecified atom stereocenters. The normalized spacial score (nSPS) is 10.7. The zero-order valence-corrected chi connectivity index (χ0v) is 16.0. The number of thioether (sulfide) groups is 1. The van der Waals surface area contributed by atoms with Gasteiger partial charge in [-0.25, -0.2) is 0 Å². The Kier molecular flexibility index (Phi) is 5.37. The number of pyridine rings is 1. The fourth-order valence-corrected chi connectivity index (χ4v) is 3.70. The molecule has 0 fully saturated rings. The van der Waals surface area contributed by atoms with Crippen LogP contribution >= 0.6 is 11.8 Å². The van der Waals surface area contributed by atoms with Crippen LogP contribution < -0.4 is 10.5 Å². The van der Waals surface area contributed by atoms with E-state index < -0.39 is 11.5 Å². The Balaban J connectivity index is 2.28. The third kappa shape index (κ3) is 3.24. The highest BCUT2D eigenvalue weighted by Crippen LogP contribution is 2.34. The quantitative estimate of drug-likeness (QED) is 0.540. The third-order valence-corrected chi connectivity index (χ3v) is 5.20. The minimum Gasteiger partial charge on any atom is -0.506 e. The van der Waals surface area contributed by atoms with Gasteiger partial charge in [-0.3, -0.25) is 9.59 Å². The molecule has 0 aliphatic heterocycles. The Morgan fingerprint density at radius 2 is 1.93 bits per heavy atom. The molecule has 27 heavy (non-hydrogen) atoms. The maximum absolute atomic E-state index is 13.3. The van der Waals surface area contributed by atoms with E-state index in [1.54, 1.807) is 31.3 Å². The molecule has 0 bridgehead atoms. The van der Waals surface area contributed by atoms with Crippen LogP contribution in [0.2, 0.25) is 0 Å². The number of benzene rings is 2. The van der Waals surface area contributed by atoms with E-state index in [0.29, 0.717) is 16.6 Å². The molecular formula is C21H20N2O3S. The molecule has 6 heteroatoms. The van der Waals surface area contributed by atoms with Gasteiger partial charge < -0.3 is 14.6 Å². The minimum atomic E-state index is -0.558. The molecule has 1 heterocycles. The van der Waals surface area contributed by atoms with Crippen LogP contribution in [0.15, 0.2) is 70.9 Å². The van der Waals surface area contributed by atoms with Crippen molar-refractivity contribution in [1.82, 2.24) is 4.57 Å². The summed E-state index contributed by atoms with van der Waals surface area (Å²) in [7, 11) is 1.60. The van der Waals surface area contributed by atoms with Gasteiger partial charge >= 0.3 is 0 Å². The lowest BCUT2D eigenvalue weighted by Gasteiger charge is -2.22. The van der Waals surface area contributed by atoms with Crippen LogP contribution in [0.1, 0.15) is 10.4 Å². The Labute approximate surface area is 161 Å². The van der Waals surface area contributed by atoms with E-state index >= 15 is 0 Å². The maximum Gasteiger partial charge on any atom is 0.268 e. The first-order valence-electron chi connectivity index (χ1n) is 8.37. The molecule has 0 aliphatic carbocycles. The van der Waals surface area contributed by atoms with Crippen molar-refractivity contribution in [2.75, 3.05) is 17.7 Å². The van der Waals surface area contributed by atoms with Crippen molar-refractivity contribution in [3.05, 3.63) is 77.1 Å². The lowest BCUT2D eigenvalue weighted by atomic mass is 10.1. The fraction of sp³-hybridized carbons (Fsp3) is 0.143. The standard InChI is InChI=1S/C21H20N2O3S/c1-4-13-23(14-9-6-5-7-10-14)21(26)18-19(24)17-15(22(2)20(18)25)11-8-12-16(17)27-3/h4-12,24H,1,13H2,2-3H3. The van der Waals surface area contributed by atoms with E-state index in [4.69, 9.17) is 0 Å². The van der Waals surface area contributed by atoms with Crippen LogP contribution in [0.5, 0.6) is 5.75 Å². The van der Waals surface area contributed by atoms with Crippen molar-refractivity contribution in [3.63, 3.8) is 0 Å². The highest BCUT2D eigenvalue weighted by molar-refractivity contribution is 7.98. The zero-order valence-electron chi connectivity index (χ0n) is 15.2. The van der Waals surface area contributed by atoms with Gasteiger partial charge in [0.2, 0.25) is 0 Å². The predicted octanol–water partition coefficient (Wildman–Crippen LogP) is 3.80. The summed E-state index contributed by atoms with van der Waals surface area (Å²) in [5, 5.41) is 11.4. The van der Waals surface area contributed by atoms with Crippen LogP contribution in [-0.4, -0.2) is 28.4 Å². The molecule has 3 rings (SSSR count). The summed E-state index contributed by atoms with van der Waals surface area (Å²) in [5.41, 5.74) is 0.434. The van der Waals surface area contributed by atoms with Gasteiger partial charge in [-0.2, -0.15) is 0 Å². The molecule has 5 nitrogen and oxygen atoms in total. The lowest BCUT2D eigenvalue weighted by molar-refractivity contribution is 0.0985. The fourth-order valence-electron chi connectivity index (χ4n) is 3.08. The summed E-state index contributed by atoms with van der Waals surface area (Å²) >= 11 is 1.45. The smallest absolute Gasteiger partial charge is 0.268 e. The summed E-state index contributed by atoms with van der Waals surface area (Å²) < 4.78 is 1.40. The van der Waals surface area contributed by atoms with Gasteiger partial charge in [0.25, 0.3) is 11.5 Å². The van der Waals surface area contributed by atoms with Crippen molar-refractivity contribution in [1.29, 1.82) is 0 Å². The molecule has 0 spiro atoms. The van der Waals surface area contributed by atoms with Crippen molar-refractivity contribution in [3.8, 4) is 5.75 Å². The number of hydrogen-bond donors (Lipinski definition) is 1. The summed E-state index contributed by atoms with van der Waals surface area (Å²) in [6.45, 7) is 3.91. The lowest BCUT2D eigenvalue weighted by Crippen LogP contribution is -2.36. The highest BCUT2D eigenvalue weighted by Gasteiger charge is 2.27. The first-order valence-corrected chi connectivity index (χ1v) is 9.60. The van der Waals surface area contributed by atoms with Crippen LogP contribution in [0, 0.1) is 0 Å². The second-order valence-corrected chi connectivity index (χ2v) is 6.83. The predicted molar refractivity (Wildman–Crippen MR) is 111 cm³/mol. The van der Waals surface area contributed by atoms with Crippen LogP contribution in [0.4, 0.5) is 5.69 Å². The third-order valence-electron chi connectivity index (χ3n) is 4.42. The minimum absolute atomic E-state index is 0.216. The maximum atomic E-state index is 13.3. The van der Waals surface area contributed by atoms with Crippen LogP contribution in [-0.2, 0) is 7.05 Å². The molecule has 0 aliphatic rings. The van der Waals surface area contributed by atoms with Crippen LogP contribution in [0.3, 0.4) is 0 Å². The summed E-state index contributed by atoms with van der Waals surface area (Å²) in [6.07, 6.45) is 3.47. The van der Waals surface area contributed by atoms with E-state index in [9.17, 15) is 14.7 Å². The van der Waals surface area contributed by atoms with Gasteiger partial charge in [0.15, 0.2) is 0 Å². The number of fused-ring (bicyclic) bond motifs is 1. The van der Waals surface area contributed by atoms with Gasteiger partial charge in [0, 0.05) is 24.2 Å². The van der Waals surface area contributed by atoms with Gasteiger partial charge in [0.1, 0.15) is 11.3 Å². The molecule has 0 radical (unpaired) electrons. The van der Waals surface area contributed by atoms with Crippen molar-refractivity contribution >= 4 is 34.3 Å². The van der Waals surface area contributed by atoms with E-state index in [2.05, 4.69) is 6.58 Å². The second kappa shape index (κ2) is 7.72. The molecule has 0 saturated carbocycles. The number of nitrogens with zero attached hydrogens (tertiary/aromatic N) is 2. The molecule has 138 valence electrons. The van der Waals surface area contributed by atoms with Gasteiger partial charge in [-0.1, -0.05) is 30.3 Å². The first kappa shape index (κ1) is 18.8. The number of carbonyl (C=O) groups is 1. The molecule has 2 aromatic carbocycles. The molecular weight excluding hydrogens is 360 g/mol. The number of aromatic hydroxyl groups is 1. The number of amides is 1. The summed E-state index contributed by atoms with van der Waals surface area (Å²) in [6, 6.07) is 14.4. The average Bonchev–Trinajstić information content (AvgIpc) is 2.70. The number of para-hydroxylation sites is 1. The average molecular weight is 380 g/mol. The molecule has 1 aromatic heterocycles. The Morgan fingerprint density at radius 1 is 1.22 bits per heavy atom. The number of aryl methyl sites for hydroxylation is 1. The molecule has 0 saturated heterocycles. The second-order valence-electron chi connectivity index (χ2n) is 5.98. The first-order chi connectivity index (χ1) is 13.0. The monoisotopic (exact) mass is 380 g/mol. The zero-order chi connectivity index (χ0) is 19.6. The number of rotatable bonds is 5. The van der Waals surface area contributed by atoms with E-state index in [0.717, 1.165) is 4.90 Å². The van der Waals surface area contributed by atoms with Gasteiger partial charge in [-0.15, -0.1) is 18.3 Å². The number of anilines is 1. The van der Waals surface area contributed by atoms with Gasteiger partial charge in [0.05, 0.1) is 10.9 Å². The number of hydrogen-bond acceptors (Lipinski definition) is 4. The largest absolute Gasteiger partial charge is 0.506 e. The topological polar surface area (TPSA) is 62.5 Å². The van der Waals surface area contributed by atoms with E-state index in [1.165, 1.54) is 21.2 Å². The number of aromatic nitrogens is 1. The van der Waals surface area contributed by atoms with Crippen LogP contribution in [0.25, 0.3) is 10.9 Å². The summed E-state index contributed by atoms with van der Waals surface area (Å²) in [4.78, 5) is 28.4. The molecule has 0 atom stereocenters. The molecule has 1 N–H and O–H groups in total. The Morgan fingerprint density at radius 3 is 2.56 bits per heavy atom. The van der Waals surface area contributed by atoms with Crippen molar-refractivity contribution < 1.29 is 9.90 Å². The highest BCUT2D eigenvalue weighted by atomic mass is 32.2.